The van der Waals surface area contributed by atoms with Gasteiger partial charge in [0, 0.05) is 19.4 Å². The van der Waals surface area contributed by atoms with Crippen LogP contribution in [0.2, 0.25) is 0 Å². The van der Waals surface area contributed by atoms with Gasteiger partial charge in [-0.05, 0) is 37.0 Å². The van der Waals surface area contributed by atoms with E-state index in [9.17, 15) is 14.0 Å². The van der Waals surface area contributed by atoms with E-state index in [0.29, 0.717) is 18.7 Å². The van der Waals surface area contributed by atoms with Crippen molar-refractivity contribution in [2.24, 2.45) is 5.41 Å². The van der Waals surface area contributed by atoms with Crippen LogP contribution in [0.15, 0.2) is 18.2 Å². The molecule has 5 nitrogen and oxygen atoms in total. The van der Waals surface area contributed by atoms with E-state index in [2.05, 4.69) is 5.32 Å². The van der Waals surface area contributed by atoms with Crippen LogP contribution in [0.3, 0.4) is 0 Å². The lowest BCUT2D eigenvalue weighted by atomic mass is 9.82. The predicted octanol–water partition coefficient (Wildman–Crippen LogP) is 2.99. The molecule has 0 saturated heterocycles. The topological polar surface area (TPSA) is 75.6 Å². The van der Waals surface area contributed by atoms with Gasteiger partial charge in [0.05, 0.1) is 11.8 Å². The highest BCUT2D eigenvalue weighted by Crippen LogP contribution is 2.42. The Bertz CT molecular complexity index is 582. The SMILES string of the molecule is COCCC1(C(=O)Nc2ccc(CC(=O)O)c(F)c2)CCCC1. The Morgan fingerprint density at radius 3 is 2.61 bits per heavy atom. The van der Waals surface area contributed by atoms with E-state index in [4.69, 9.17) is 9.84 Å². The molecule has 0 atom stereocenters. The Hall–Kier alpha value is -1.95. The van der Waals surface area contributed by atoms with Crippen LogP contribution in [0.4, 0.5) is 10.1 Å². The third-order valence-electron chi connectivity index (χ3n) is 4.48. The molecule has 1 aliphatic rings. The summed E-state index contributed by atoms with van der Waals surface area (Å²) in [5.41, 5.74) is 0.00228. The Kier molecular flexibility index (Phi) is 5.71. The highest BCUT2D eigenvalue weighted by Gasteiger charge is 2.40. The molecule has 2 rings (SSSR count). The first-order valence-corrected chi connectivity index (χ1v) is 7.77. The molecule has 0 aliphatic heterocycles. The molecule has 2 N–H and O–H groups in total. The van der Waals surface area contributed by atoms with Gasteiger partial charge in [0.15, 0.2) is 0 Å². The maximum absolute atomic E-state index is 13.9. The van der Waals surface area contributed by atoms with E-state index in [-0.39, 0.29) is 17.9 Å². The van der Waals surface area contributed by atoms with Gasteiger partial charge in [0.1, 0.15) is 5.82 Å². The summed E-state index contributed by atoms with van der Waals surface area (Å²) in [6.45, 7) is 0.513. The summed E-state index contributed by atoms with van der Waals surface area (Å²) in [7, 11) is 1.61. The second kappa shape index (κ2) is 7.55. The quantitative estimate of drug-likeness (QED) is 0.809. The summed E-state index contributed by atoms with van der Waals surface area (Å²) >= 11 is 0. The average Bonchev–Trinajstić information content (AvgIpc) is 2.98. The fourth-order valence-corrected chi connectivity index (χ4v) is 3.13. The number of nitrogens with one attached hydrogen (secondary N) is 1. The molecule has 0 spiro atoms. The zero-order chi connectivity index (χ0) is 16.9. The molecule has 0 aromatic heterocycles. The number of methoxy groups -OCH3 is 1. The number of rotatable bonds is 7. The van der Waals surface area contributed by atoms with Crippen molar-refractivity contribution in [3.8, 4) is 0 Å². The van der Waals surface area contributed by atoms with Crippen LogP contribution in [0.1, 0.15) is 37.7 Å². The van der Waals surface area contributed by atoms with E-state index in [1.807, 2.05) is 0 Å². The summed E-state index contributed by atoms with van der Waals surface area (Å²) in [6, 6.07) is 4.11. The molecule has 1 aliphatic carbocycles. The standard InChI is InChI=1S/C17H22FNO4/c1-23-9-8-17(6-2-3-7-17)16(22)19-13-5-4-12(10-15(20)21)14(18)11-13/h4-5,11H,2-3,6-10H2,1H3,(H,19,22)(H,20,21). The van der Waals surface area contributed by atoms with Gasteiger partial charge in [0.2, 0.25) is 5.91 Å². The normalized spacial score (nSPS) is 16.3. The van der Waals surface area contributed by atoms with Crippen LogP contribution in [0.25, 0.3) is 0 Å². The fourth-order valence-electron chi connectivity index (χ4n) is 3.13. The summed E-state index contributed by atoms with van der Waals surface area (Å²) < 4.78 is 19.0. The predicted molar refractivity (Wildman–Crippen MR) is 83.8 cm³/mol. The van der Waals surface area contributed by atoms with Crippen molar-refractivity contribution in [3.63, 3.8) is 0 Å². The Morgan fingerprint density at radius 1 is 1.35 bits per heavy atom. The molecule has 0 unspecified atom stereocenters. The number of carboxylic acid groups (broad SMARTS) is 1. The number of carboxylic acids is 1. The Labute approximate surface area is 134 Å². The summed E-state index contributed by atoms with van der Waals surface area (Å²) in [4.78, 5) is 23.3. The van der Waals surface area contributed by atoms with Crippen molar-refractivity contribution in [1.29, 1.82) is 0 Å². The van der Waals surface area contributed by atoms with E-state index < -0.39 is 17.2 Å². The number of carbonyl (C=O) groups is 2. The number of halogens is 1. The number of carbonyl (C=O) groups excluding carboxylic acids is 1. The van der Waals surface area contributed by atoms with E-state index in [1.165, 1.54) is 18.2 Å². The molecular formula is C17H22FNO4. The van der Waals surface area contributed by atoms with E-state index in [1.54, 1.807) is 7.11 Å². The summed E-state index contributed by atoms with van der Waals surface area (Å²) in [5, 5.41) is 11.5. The van der Waals surface area contributed by atoms with Gasteiger partial charge in [-0.15, -0.1) is 0 Å². The lowest BCUT2D eigenvalue weighted by Crippen LogP contribution is -2.35. The molecule has 0 bridgehead atoms. The molecule has 1 fully saturated rings. The number of hydrogen-bond donors (Lipinski definition) is 2. The first kappa shape index (κ1) is 17.4. The Balaban J connectivity index is 2.09. The van der Waals surface area contributed by atoms with Crippen LogP contribution in [-0.2, 0) is 20.7 Å². The van der Waals surface area contributed by atoms with Gasteiger partial charge < -0.3 is 15.2 Å². The number of hydrogen-bond acceptors (Lipinski definition) is 3. The summed E-state index contributed by atoms with van der Waals surface area (Å²) in [5.74, 6) is -1.83. The van der Waals surface area contributed by atoms with Crippen LogP contribution < -0.4 is 5.32 Å². The first-order chi connectivity index (χ1) is 11.0. The molecule has 1 aromatic rings. The van der Waals surface area contributed by atoms with Gasteiger partial charge in [-0.1, -0.05) is 18.9 Å². The van der Waals surface area contributed by atoms with Crippen molar-refractivity contribution in [1.82, 2.24) is 0 Å². The zero-order valence-corrected chi connectivity index (χ0v) is 13.2. The van der Waals surface area contributed by atoms with Crippen LogP contribution in [-0.4, -0.2) is 30.7 Å². The average molecular weight is 323 g/mol. The smallest absolute Gasteiger partial charge is 0.307 e. The highest BCUT2D eigenvalue weighted by atomic mass is 19.1. The van der Waals surface area contributed by atoms with Crippen LogP contribution in [0.5, 0.6) is 0 Å². The minimum Gasteiger partial charge on any atom is -0.481 e. The molecule has 0 radical (unpaired) electrons. The molecule has 6 heteroatoms. The van der Waals surface area contributed by atoms with Gasteiger partial charge in [-0.2, -0.15) is 0 Å². The summed E-state index contributed by atoms with van der Waals surface area (Å²) in [6.07, 6.45) is 3.89. The molecule has 126 valence electrons. The van der Waals surface area contributed by atoms with Crippen molar-refractivity contribution in [3.05, 3.63) is 29.6 Å². The van der Waals surface area contributed by atoms with Crippen molar-refractivity contribution >= 4 is 17.6 Å². The van der Waals surface area contributed by atoms with Gasteiger partial charge in [-0.3, -0.25) is 9.59 Å². The van der Waals surface area contributed by atoms with Crippen molar-refractivity contribution in [2.45, 2.75) is 38.5 Å². The third-order valence-corrected chi connectivity index (χ3v) is 4.48. The third kappa shape index (κ3) is 4.28. The molecule has 23 heavy (non-hydrogen) atoms. The Morgan fingerprint density at radius 2 is 2.04 bits per heavy atom. The van der Waals surface area contributed by atoms with Gasteiger partial charge in [0.25, 0.3) is 0 Å². The lowest BCUT2D eigenvalue weighted by molar-refractivity contribution is -0.136. The number of anilines is 1. The number of ether oxygens (including phenoxy) is 1. The van der Waals surface area contributed by atoms with Crippen LogP contribution in [0, 0.1) is 11.2 Å². The molecular weight excluding hydrogens is 301 g/mol. The van der Waals surface area contributed by atoms with Crippen molar-refractivity contribution in [2.75, 3.05) is 19.0 Å². The second-order valence-electron chi connectivity index (χ2n) is 6.06. The molecule has 0 heterocycles. The first-order valence-electron chi connectivity index (χ1n) is 7.77. The number of amides is 1. The minimum atomic E-state index is -1.09. The lowest BCUT2D eigenvalue weighted by Gasteiger charge is -2.27. The van der Waals surface area contributed by atoms with Gasteiger partial charge in [-0.25, -0.2) is 4.39 Å². The number of aliphatic carboxylic acids is 1. The molecule has 1 saturated carbocycles. The largest absolute Gasteiger partial charge is 0.481 e. The fraction of sp³-hybridized carbons (Fsp3) is 0.529. The molecule has 1 aromatic carbocycles. The second-order valence-corrected chi connectivity index (χ2v) is 6.06. The van der Waals surface area contributed by atoms with E-state index in [0.717, 1.165) is 25.7 Å². The van der Waals surface area contributed by atoms with Crippen LogP contribution >= 0.6 is 0 Å². The van der Waals surface area contributed by atoms with Crippen molar-refractivity contribution < 1.29 is 23.8 Å². The highest BCUT2D eigenvalue weighted by molar-refractivity contribution is 5.95. The zero-order valence-electron chi connectivity index (χ0n) is 13.2. The number of benzene rings is 1. The van der Waals surface area contributed by atoms with Gasteiger partial charge >= 0.3 is 5.97 Å². The minimum absolute atomic E-state index is 0.102. The maximum Gasteiger partial charge on any atom is 0.307 e. The molecule has 1 amide bonds. The maximum atomic E-state index is 13.9. The monoisotopic (exact) mass is 323 g/mol. The van der Waals surface area contributed by atoms with E-state index >= 15 is 0 Å².